The van der Waals surface area contributed by atoms with Gasteiger partial charge in [-0.25, -0.2) is 0 Å². The molecule has 4 heteroatoms. The summed E-state index contributed by atoms with van der Waals surface area (Å²) >= 11 is 11.0. The summed E-state index contributed by atoms with van der Waals surface area (Å²) in [6.07, 6.45) is 3.41. The molecule has 70 valence electrons. The molecule has 0 radical (unpaired) electrons. The molecule has 0 aromatic heterocycles. The summed E-state index contributed by atoms with van der Waals surface area (Å²) in [7, 11) is 0. The van der Waals surface area contributed by atoms with Crippen molar-refractivity contribution >= 4 is 41.1 Å². The van der Waals surface area contributed by atoms with Gasteiger partial charge in [0.2, 0.25) is 0 Å². The Balaban J connectivity index is 2.62. The van der Waals surface area contributed by atoms with E-state index in [2.05, 4.69) is 0 Å². The number of hydrogen-bond acceptors (Lipinski definition) is 1. The predicted molar refractivity (Wildman–Crippen MR) is 56.8 cm³/mol. The summed E-state index contributed by atoms with van der Waals surface area (Å²) in [5.74, 6) is -0.159. The monoisotopic (exact) mass is 226 g/mol. The first kappa shape index (κ1) is 9.44. The van der Waals surface area contributed by atoms with Gasteiger partial charge in [0.15, 0.2) is 0 Å². The van der Waals surface area contributed by atoms with Crippen molar-refractivity contribution < 1.29 is 8.41 Å². The van der Waals surface area contributed by atoms with Crippen molar-refractivity contribution in [1.29, 1.82) is 0 Å². The molecule has 0 N–H and O–H groups in total. The number of ketones is 1. The number of halogens is 2. The Morgan fingerprint density at radius 1 is 1.07 bits per heavy atom. The van der Waals surface area contributed by atoms with E-state index in [1.807, 2.05) is 18.2 Å². The van der Waals surface area contributed by atoms with Crippen molar-refractivity contribution in [2.45, 2.75) is 0 Å². The summed E-state index contributed by atoms with van der Waals surface area (Å²) in [6, 6.07) is 7.30. The third-order valence-electron chi connectivity index (χ3n) is 2.04. The lowest BCUT2D eigenvalue weighted by atomic mass is 9.95. The van der Waals surface area contributed by atoms with Gasteiger partial charge in [-0.3, -0.25) is 4.79 Å². The lowest BCUT2D eigenvalue weighted by molar-refractivity contribution is -0.179. The molecule has 0 heterocycles. The number of nitrogens with zero attached hydrogens (tertiary/aromatic N) is 1. The summed E-state index contributed by atoms with van der Waals surface area (Å²) in [4.78, 5) is 11.8. The maximum Gasteiger partial charge on any atom is 0.292 e. The van der Waals surface area contributed by atoms with Crippen LogP contribution in [0.3, 0.4) is 0 Å². The van der Waals surface area contributed by atoms with Crippen molar-refractivity contribution in [2.75, 3.05) is 0 Å². The van der Waals surface area contributed by atoms with Crippen LogP contribution in [0.25, 0.3) is 6.08 Å². The van der Waals surface area contributed by atoms with E-state index in [0.717, 1.165) is 9.18 Å². The molecular weight excluding hydrogens is 221 g/mol. The number of allylic oxidation sites excluding steroid dienone is 1. The van der Waals surface area contributed by atoms with Gasteiger partial charge < -0.3 is 0 Å². The van der Waals surface area contributed by atoms with Gasteiger partial charge in [0.25, 0.3) is 35.0 Å². The number of carbonyl (C=O) groups excluding carboxylic acids is 1. The van der Waals surface area contributed by atoms with Crippen LogP contribution in [-0.4, -0.2) is 15.1 Å². The van der Waals surface area contributed by atoms with Crippen molar-refractivity contribution in [3.8, 4) is 0 Å². The van der Waals surface area contributed by atoms with Gasteiger partial charge >= 0.3 is 0 Å². The second-order valence-corrected chi connectivity index (χ2v) is 3.72. The Labute approximate surface area is 91.3 Å². The van der Waals surface area contributed by atoms with E-state index < -0.39 is 0 Å². The number of fused-ring (bicyclic) bond motifs is 1. The molecule has 1 aliphatic carbocycles. The van der Waals surface area contributed by atoms with Gasteiger partial charge in [-0.15, -0.1) is 0 Å². The summed E-state index contributed by atoms with van der Waals surface area (Å²) in [5.41, 5.74) is 1.78. The lowest BCUT2D eigenvalue weighted by Crippen LogP contribution is -2.20. The summed E-state index contributed by atoms with van der Waals surface area (Å²) in [5, 5.41) is 0. The molecule has 1 aromatic carbocycles. The minimum atomic E-state index is -0.159. The zero-order valence-corrected chi connectivity index (χ0v) is 8.59. The molecule has 0 fully saturated rings. The smallest absolute Gasteiger partial charge is 0.282 e. The van der Waals surface area contributed by atoms with Crippen molar-refractivity contribution in [3.63, 3.8) is 0 Å². The molecule has 0 unspecified atom stereocenters. The van der Waals surface area contributed by atoms with Gasteiger partial charge in [-0.2, -0.15) is 0 Å². The first-order valence-electron chi connectivity index (χ1n) is 4.00. The second kappa shape index (κ2) is 3.56. The average molecular weight is 227 g/mol. The maximum atomic E-state index is 11.8. The fourth-order valence-electron chi connectivity index (χ4n) is 1.36. The third kappa shape index (κ3) is 1.47. The van der Waals surface area contributed by atoms with Crippen molar-refractivity contribution in [3.05, 3.63) is 41.5 Å². The maximum absolute atomic E-state index is 11.8. The molecule has 0 bridgehead atoms. The standard InChI is InChI=1S/C10H6Cl2NO/c11-13(12)9-6-5-7-3-1-2-4-8(7)10(9)14/h1-6H/q+1. The Hall–Kier alpha value is -1.12. The largest absolute Gasteiger partial charge is 0.292 e. The minimum Gasteiger partial charge on any atom is -0.282 e. The van der Waals surface area contributed by atoms with Crippen molar-refractivity contribution in [2.24, 2.45) is 0 Å². The van der Waals surface area contributed by atoms with Gasteiger partial charge in [0.1, 0.15) is 0 Å². The van der Waals surface area contributed by atoms with Crippen LogP contribution < -0.4 is 0 Å². The van der Waals surface area contributed by atoms with E-state index in [4.69, 9.17) is 23.6 Å². The number of rotatable bonds is 0. The van der Waals surface area contributed by atoms with Crippen LogP contribution in [-0.2, 0) is 0 Å². The van der Waals surface area contributed by atoms with E-state index in [-0.39, 0.29) is 11.5 Å². The molecule has 14 heavy (non-hydrogen) atoms. The molecule has 0 saturated carbocycles. The predicted octanol–water partition coefficient (Wildman–Crippen LogP) is 2.66. The van der Waals surface area contributed by atoms with Crippen LogP contribution in [0.4, 0.5) is 0 Å². The Morgan fingerprint density at radius 3 is 2.50 bits per heavy atom. The highest BCUT2D eigenvalue weighted by Gasteiger charge is 2.26. The average Bonchev–Trinajstić information content (AvgIpc) is 2.18. The molecule has 0 aliphatic heterocycles. The first-order valence-corrected chi connectivity index (χ1v) is 4.68. The minimum absolute atomic E-state index is 0.159. The van der Waals surface area contributed by atoms with Gasteiger partial charge in [0.05, 0.1) is 0 Å². The number of carbonyl (C=O) groups is 1. The van der Waals surface area contributed by atoms with Gasteiger partial charge in [-0.1, -0.05) is 24.3 Å². The van der Waals surface area contributed by atoms with Crippen LogP contribution in [0.5, 0.6) is 0 Å². The van der Waals surface area contributed by atoms with E-state index in [1.165, 1.54) is 0 Å². The molecular formula is C10H6Cl2NO+. The van der Waals surface area contributed by atoms with E-state index in [9.17, 15) is 4.79 Å². The number of Topliss-reactive ketones (excluding diaryl/α,β-unsaturated/α-hetero) is 1. The summed E-state index contributed by atoms with van der Waals surface area (Å²) < 4.78 is 0.786. The second-order valence-electron chi connectivity index (χ2n) is 2.87. The number of hydrogen-bond donors (Lipinski definition) is 0. The quantitative estimate of drug-likeness (QED) is 0.624. The number of benzene rings is 1. The van der Waals surface area contributed by atoms with Crippen molar-refractivity contribution in [1.82, 2.24) is 0 Å². The van der Waals surface area contributed by atoms with Crippen LogP contribution in [0.2, 0.25) is 0 Å². The van der Waals surface area contributed by atoms with E-state index >= 15 is 0 Å². The summed E-state index contributed by atoms with van der Waals surface area (Å²) in [6.45, 7) is 0. The third-order valence-corrected chi connectivity index (χ3v) is 2.41. The fourth-order valence-corrected chi connectivity index (χ4v) is 1.63. The molecule has 0 amide bonds. The van der Waals surface area contributed by atoms with E-state index in [0.29, 0.717) is 5.56 Å². The molecule has 2 rings (SSSR count). The normalized spacial score (nSPS) is 14.1. The first-order chi connectivity index (χ1) is 6.70. The fraction of sp³-hybridized carbons (Fsp3) is 0. The zero-order chi connectivity index (χ0) is 10.1. The van der Waals surface area contributed by atoms with Crippen LogP contribution >= 0.6 is 23.6 Å². The SMILES string of the molecule is O=C1C(=[N+](Cl)Cl)C=Cc2ccccc21. The topological polar surface area (TPSA) is 20.1 Å². The van der Waals surface area contributed by atoms with E-state index in [1.54, 1.807) is 18.2 Å². The molecule has 0 spiro atoms. The highest BCUT2D eigenvalue weighted by Crippen LogP contribution is 2.18. The lowest BCUT2D eigenvalue weighted by Gasteiger charge is -2.06. The molecule has 2 nitrogen and oxygen atoms in total. The van der Waals surface area contributed by atoms with Crippen LogP contribution in [0.1, 0.15) is 15.9 Å². The molecule has 0 atom stereocenters. The Bertz CT molecular complexity index is 459. The Kier molecular flexibility index (Phi) is 2.40. The highest BCUT2D eigenvalue weighted by molar-refractivity contribution is 6.53. The highest BCUT2D eigenvalue weighted by atomic mass is 35.5. The van der Waals surface area contributed by atoms with Gasteiger partial charge in [-0.05, 0) is 11.6 Å². The molecule has 1 aromatic rings. The van der Waals surface area contributed by atoms with Crippen LogP contribution in [0.15, 0.2) is 30.3 Å². The molecule has 1 aliphatic rings. The van der Waals surface area contributed by atoms with Gasteiger partial charge in [0, 0.05) is 15.3 Å². The molecule has 0 saturated heterocycles. The van der Waals surface area contributed by atoms with Crippen LogP contribution in [0, 0.1) is 0 Å². The zero-order valence-electron chi connectivity index (χ0n) is 7.08. The Morgan fingerprint density at radius 2 is 1.79 bits per heavy atom.